The van der Waals surface area contributed by atoms with Gasteiger partial charge >= 0.3 is 0 Å². The van der Waals surface area contributed by atoms with Crippen LogP contribution in [0.5, 0.6) is 5.75 Å². The van der Waals surface area contributed by atoms with Gasteiger partial charge in [0.15, 0.2) is 0 Å². The summed E-state index contributed by atoms with van der Waals surface area (Å²) in [6.45, 7) is 6.05. The fourth-order valence-corrected chi connectivity index (χ4v) is 2.25. The number of halogens is 1. The Labute approximate surface area is 136 Å². The van der Waals surface area contributed by atoms with Crippen molar-refractivity contribution in [1.82, 2.24) is 9.97 Å². The van der Waals surface area contributed by atoms with Gasteiger partial charge in [0.2, 0.25) is 5.95 Å². The Hall–Kier alpha value is -2.15. The van der Waals surface area contributed by atoms with Crippen molar-refractivity contribution < 1.29 is 4.74 Å². The van der Waals surface area contributed by atoms with Crippen LogP contribution in [0, 0.1) is 13.8 Å². The number of rotatable bonds is 5. The van der Waals surface area contributed by atoms with Gasteiger partial charge in [0.1, 0.15) is 5.75 Å². The predicted octanol–water partition coefficient (Wildman–Crippen LogP) is 2.99. The minimum atomic E-state index is -0.172. The van der Waals surface area contributed by atoms with Crippen molar-refractivity contribution >= 4 is 28.1 Å². The van der Waals surface area contributed by atoms with Crippen LogP contribution in [0.4, 0.5) is 5.95 Å². The summed E-state index contributed by atoms with van der Waals surface area (Å²) in [4.78, 5) is 18.5. The van der Waals surface area contributed by atoms with E-state index in [4.69, 9.17) is 4.74 Å². The molecule has 0 spiro atoms. The molecule has 1 aromatic heterocycles. The van der Waals surface area contributed by atoms with Crippen molar-refractivity contribution in [1.29, 1.82) is 0 Å². The summed E-state index contributed by atoms with van der Waals surface area (Å²) in [6, 6.07) is 5.65. The van der Waals surface area contributed by atoms with E-state index in [9.17, 15) is 4.79 Å². The molecule has 7 heteroatoms. The first-order valence-corrected chi connectivity index (χ1v) is 7.59. The Morgan fingerprint density at radius 3 is 2.86 bits per heavy atom. The fraction of sp³-hybridized carbons (Fsp3) is 0.267. The van der Waals surface area contributed by atoms with E-state index >= 15 is 0 Å². The van der Waals surface area contributed by atoms with Crippen LogP contribution in [-0.4, -0.2) is 22.8 Å². The monoisotopic (exact) mass is 364 g/mol. The number of anilines is 1. The van der Waals surface area contributed by atoms with Crippen LogP contribution >= 0.6 is 15.9 Å². The van der Waals surface area contributed by atoms with Gasteiger partial charge in [-0.25, -0.2) is 10.4 Å². The van der Waals surface area contributed by atoms with Crippen molar-refractivity contribution in [2.75, 3.05) is 12.0 Å². The third-order valence-electron chi connectivity index (χ3n) is 3.03. The van der Waals surface area contributed by atoms with Crippen LogP contribution in [-0.2, 0) is 0 Å². The van der Waals surface area contributed by atoms with Crippen molar-refractivity contribution in [2.45, 2.75) is 20.8 Å². The third-order valence-corrected chi connectivity index (χ3v) is 3.65. The molecule has 0 amide bonds. The normalized spacial score (nSPS) is 10.9. The van der Waals surface area contributed by atoms with Crippen LogP contribution in [0.1, 0.15) is 23.7 Å². The summed E-state index contributed by atoms with van der Waals surface area (Å²) >= 11 is 3.45. The molecule has 2 aromatic rings. The highest BCUT2D eigenvalue weighted by atomic mass is 79.9. The lowest BCUT2D eigenvalue weighted by atomic mass is 10.2. The van der Waals surface area contributed by atoms with Gasteiger partial charge in [-0.3, -0.25) is 9.78 Å². The molecule has 0 unspecified atom stereocenters. The van der Waals surface area contributed by atoms with Crippen LogP contribution in [0.15, 0.2) is 32.6 Å². The number of hydrazone groups is 1. The van der Waals surface area contributed by atoms with Gasteiger partial charge in [-0.15, -0.1) is 0 Å². The first kappa shape index (κ1) is 16.2. The minimum Gasteiger partial charge on any atom is -0.493 e. The number of hydrogen-bond acceptors (Lipinski definition) is 5. The van der Waals surface area contributed by atoms with Gasteiger partial charge in [0.05, 0.1) is 17.3 Å². The number of hydrogen-bond donors (Lipinski definition) is 2. The summed E-state index contributed by atoms with van der Waals surface area (Å²) in [5, 5.41) is 4.07. The van der Waals surface area contributed by atoms with Gasteiger partial charge in [-0.2, -0.15) is 5.10 Å². The van der Waals surface area contributed by atoms with E-state index in [0.717, 1.165) is 15.8 Å². The number of aromatic nitrogens is 2. The van der Waals surface area contributed by atoms with E-state index in [1.807, 2.05) is 25.1 Å². The fourth-order valence-electron chi connectivity index (χ4n) is 1.74. The average molecular weight is 365 g/mol. The Kier molecular flexibility index (Phi) is 5.32. The Balaban J connectivity index is 2.10. The zero-order valence-corrected chi connectivity index (χ0v) is 14.2. The molecule has 1 heterocycles. The molecule has 22 heavy (non-hydrogen) atoms. The van der Waals surface area contributed by atoms with Gasteiger partial charge in [0, 0.05) is 11.3 Å². The SMILES string of the molecule is CCOc1ccc(/C=N\Nc2nc(C)c(C)c(=O)[nH]2)cc1Br. The standard InChI is InChI=1S/C15H17BrN4O2/c1-4-22-13-6-5-11(7-12(13)16)8-17-20-15-18-10(3)9(2)14(21)19-15/h5-8H,4H2,1-3H3,(H2,18,19,20,21)/b17-8-. The van der Waals surface area contributed by atoms with E-state index in [1.54, 1.807) is 20.1 Å². The summed E-state index contributed by atoms with van der Waals surface area (Å²) in [6.07, 6.45) is 1.63. The molecule has 0 aliphatic carbocycles. The molecule has 0 bridgehead atoms. The van der Waals surface area contributed by atoms with E-state index < -0.39 is 0 Å². The molecule has 0 fully saturated rings. The second kappa shape index (κ2) is 7.22. The van der Waals surface area contributed by atoms with Crippen LogP contribution in [0.3, 0.4) is 0 Å². The maximum Gasteiger partial charge on any atom is 0.255 e. The number of nitrogens with one attached hydrogen (secondary N) is 2. The molecule has 0 saturated heterocycles. The summed E-state index contributed by atoms with van der Waals surface area (Å²) in [7, 11) is 0. The number of benzene rings is 1. The van der Waals surface area contributed by atoms with Gasteiger partial charge in [0.25, 0.3) is 5.56 Å². The molecule has 6 nitrogen and oxygen atoms in total. The van der Waals surface area contributed by atoms with E-state index in [2.05, 4.69) is 36.4 Å². The van der Waals surface area contributed by atoms with Crippen LogP contribution in [0.25, 0.3) is 0 Å². The zero-order chi connectivity index (χ0) is 16.1. The minimum absolute atomic E-state index is 0.172. The first-order valence-electron chi connectivity index (χ1n) is 6.80. The number of ether oxygens (including phenoxy) is 1. The maximum atomic E-state index is 11.6. The molecule has 0 atom stereocenters. The molecule has 0 radical (unpaired) electrons. The number of aromatic amines is 1. The van der Waals surface area contributed by atoms with Crippen molar-refractivity contribution in [3.8, 4) is 5.75 Å². The first-order chi connectivity index (χ1) is 10.5. The Morgan fingerprint density at radius 1 is 1.45 bits per heavy atom. The molecule has 2 N–H and O–H groups in total. The second-order valence-corrected chi connectivity index (χ2v) is 5.47. The van der Waals surface area contributed by atoms with Gasteiger partial charge in [-0.1, -0.05) is 0 Å². The lowest BCUT2D eigenvalue weighted by Gasteiger charge is -2.06. The third kappa shape index (κ3) is 3.94. The maximum absolute atomic E-state index is 11.6. The van der Waals surface area contributed by atoms with Crippen molar-refractivity contribution in [2.24, 2.45) is 5.10 Å². The molecule has 0 aliphatic heterocycles. The Bertz CT molecular complexity index is 756. The lowest BCUT2D eigenvalue weighted by Crippen LogP contribution is -2.15. The molecule has 116 valence electrons. The largest absolute Gasteiger partial charge is 0.493 e. The molecule has 2 rings (SSSR count). The highest BCUT2D eigenvalue weighted by Gasteiger charge is 2.03. The number of H-pyrrole nitrogens is 1. The highest BCUT2D eigenvalue weighted by molar-refractivity contribution is 9.10. The zero-order valence-electron chi connectivity index (χ0n) is 12.6. The quantitative estimate of drug-likeness (QED) is 0.631. The van der Waals surface area contributed by atoms with Gasteiger partial charge in [-0.05, 0) is 60.5 Å². The lowest BCUT2D eigenvalue weighted by molar-refractivity contribution is 0.338. The van der Waals surface area contributed by atoms with E-state index in [1.165, 1.54) is 0 Å². The number of nitrogens with zero attached hydrogens (tertiary/aromatic N) is 2. The molecule has 0 saturated carbocycles. The van der Waals surface area contributed by atoms with E-state index in [-0.39, 0.29) is 5.56 Å². The second-order valence-electron chi connectivity index (χ2n) is 4.62. The summed E-state index contributed by atoms with van der Waals surface area (Å²) in [5.41, 5.74) is 4.70. The molecule has 1 aromatic carbocycles. The van der Waals surface area contributed by atoms with Crippen LogP contribution in [0.2, 0.25) is 0 Å². The van der Waals surface area contributed by atoms with Crippen molar-refractivity contribution in [3.05, 3.63) is 49.8 Å². The van der Waals surface area contributed by atoms with Crippen molar-refractivity contribution in [3.63, 3.8) is 0 Å². The molecule has 0 aliphatic rings. The molecular formula is C15H17BrN4O2. The summed E-state index contributed by atoms with van der Waals surface area (Å²) in [5.74, 6) is 1.10. The predicted molar refractivity (Wildman–Crippen MR) is 90.9 cm³/mol. The van der Waals surface area contributed by atoms with Gasteiger partial charge < -0.3 is 4.74 Å². The average Bonchev–Trinajstić information content (AvgIpc) is 2.47. The Morgan fingerprint density at radius 2 is 2.23 bits per heavy atom. The topological polar surface area (TPSA) is 79.4 Å². The summed E-state index contributed by atoms with van der Waals surface area (Å²) < 4.78 is 6.30. The number of aryl methyl sites for hydroxylation is 1. The molecular weight excluding hydrogens is 348 g/mol. The van der Waals surface area contributed by atoms with Crippen LogP contribution < -0.4 is 15.7 Å². The highest BCUT2D eigenvalue weighted by Crippen LogP contribution is 2.25. The van der Waals surface area contributed by atoms with E-state index in [0.29, 0.717) is 23.8 Å². The smallest absolute Gasteiger partial charge is 0.255 e.